The molecular weight excluding hydrogens is 212 g/mol. The first-order chi connectivity index (χ1) is 7.26. The van der Waals surface area contributed by atoms with Gasteiger partial charge in [-0.1, -0.05) is 18.7 Å². The molecule has 0 aliphatic carbocycles. The molecule has 0 bridgehead atoms. The van der Waals surface area contributed by atoms with E-state index in [0.29, 0.717) is 19.0 Å². The third-order valence-corrected chi connectivity index (χ3v) is 3.28. The summed E-state index contributed by atoms with van der Waals surface area (Å²) in [6.45, 7) is 2.68. The number of nitrogens with zero attached hydrogens (tertiary/aromatic N) is 1. The van der Waals surface area contributed by atoms with Crippen molar-refractivity contribution in [3.8, 4) is 0 Å². The summed E-state index contributed by atoms with van der Waals surface area (Å²) in [5, 5.41) is 4.33. The Balaban J connectivity index is 2.29. The quantitative estimate of drug-likeness (QED) is 0.742. The molecule has 0 amide bonds. The first-order valence-corrected chi connectivity index (χ1v) is 6.25. The van der Waals surface area contributed by atoms with E-state index in [1.807, 2.05) is 0 Å². The summed E-state index contributed by atoms with van der Waals surface area (Å²) in [6.07, 6.45) is 2.67. The molecule has 1 atom stereocenters. The van der Waals surface area contributed by atoms with Crippen LogP contribution < -0.4 is 5.32 Å². The standard InChI is InChI=1S/C10H18N2O2S/c1-3-8-5-7-15-10(12-8)11-6-4-9(13)14-2/h8H,3-7H2,1-2H3,(H,11,12). The van der Waals surface area contributed by atoms with Gasteiger partial charge in [-0.05, 0) is 12.8 Å². The van der Waals surface area contributed by atoms with Crippen LogP contribution >= 0.6 is 11.8 Å². The van der Waals surface area contributed by atoms with Crippen LogP contribution in [0.5, 0.6) is 0 Å². The van der Waals surface area contributed by atoms with E-state index in [0.717, 1.165) is 17.3 Å². The van der Waals surface area contributed by atoms with Crippen LogP contribution in [0.25, 0.3) is 0 Å². The second kappa shape index (κ2) is 6.71. The maximum Gasteiger partial charge on any atom is 0.307 e. The average Bonchev–Trinajstić information content (AvgIpc) is 2.29. The Morgan fingerprint density at radius 2 is 2.53 bits per heavy atom. The highest BCUT2D eigenvalue weighted by molar-refractivity contribution is 8.13. The first-order valence-electron chi connectivity index (χ1n) is 5.26. The molecule has 1 saturated heterocycles. The van der Waals surface area contributed by atoms with Gasteiger partial charge in [0.25, 0.3) is 0 Å². The SMILES string of the molecule is CCC1CCSC(=NCCC(=O)OC)N1. The summed E-state index contributed by atoms with van der Waals surface area (Å²) in [4.78, 5) is 15.2. The Hall–Kier alpha value is -0.710. The monoisotopic (exact) mass is 230 g/mol. The van der Waals surface area contributed by atoms with E-state index in [2.05, 4.69) is 22.0 Å². The number of esters is 1. The highest BCUT2D eigenvalue weighted by atomic mass is 32.2. The Labute approximate surface area is 94.9 Å². The number of nitrogens with one attached hydrogen (secondary N) is 1. The Morgan fingerprint density at radius 3 is 3.20 bits per heavy atom. The molecule has 4 nitrogen and oxygen atoms in total. The lowest BCUT2D eigenvalue weighted by Crippen LogP contribution is -2.37. The number of hydrogen-bond donors (Lipinski definition) is 1. The molecule has 0 radical (unpaired) electrons. The maximum atomic E-state index is 10.9. The Kier molecular flexibility index (Phi) is 5.53. The summed E-state index contributed by atoms with van der Waals surface area (Å²) in [7, 11) is 1.40. The number of amidine groups is 1. The van der Waals surface area contributed by atoms with Gasteiger partial charge in [0.05, 0.1) is 20.1 Å². The first kappa shape index (κ1) is 12.4. The molecule has 1 fully saturated rings. The minimum atomic E-state index is -0.202. The third kappa shape index (κ3) is 4.55. The van der Waals surface area contributed by atoms with Crippen LogP contribution in [-0.2, 0) is 9.53 Å². The number of methoxy groups -OCH3 is 1. The van der Waals surface area contributed by atoms with Crippen LogP contribution in [0.1, 0.15) is 26.2 Å². The fourth-order valence-electron chi connectivity index (χ4n) is 1.33. The second-order valence-corrected chi connectivity index (χ2v) is 4.48. The van der Waals surface area contributed by atoms with Crippen molar-refractivity contribution in [2.24, 2.45) is 4.99 Å². The summed E-state index contributed by atoms with van der Waals surface area (Å²) in [6, 6.07) is 0.545. The van der Waals surface area contributed by atoms with E-state index in [4.69, 9.17) is 0 Å². The molecule has 0 spiro atoms. The number of ether oxygens (including phenoxy) is 1. The smallest absolute Gasteiger partial charge is 0.307 e. The maximum absolute atomic E-state index is 10.9. The van der Waals surface area contributed by atoms with Crippen LogP contribution in [0.2, 0.25) is 0 Å². The average molecular weight is 230 g/mol. The van der Waals surface area contributed by atoms with Crippen molar-refractivity contribution >= 4 is 22.9 Å². The lowest BCUT2D eigenvalue weighted by molar-refractivity contribution is -0.140. The van der Waals surface area contributed by atoms with Crippen molar-refractivity contribution in [1.29, 1.82) is 0 Å². The number of aliphatic imine (C=N–C) groups is 1. The zero-order valence-corrected chi connectivity index (χ0v) is 10.1. The van der Waals surface area contributed by atoms with E-state index >= 15 is 0 Å². The van der Waals surface area contributed by atoms with Gasteiger partial charge in [0.2, 0.25) is 0 Å². The molecule has 1 aliphatic rings. The molecule has 15 heavy (non-hydrogen) atoms. The summed E-state index contributed by atoms with van der Waals surface area (Å²) in [5.74, 6) is 0.912. The van der Waals surface area contributed by atoms with Crippen LogP contribution in [0.15, 0.2) is 4.99 Å². The molecule has 86 valence electrons. The van der Waals surface area contributed by atoms with Gasteiger partial charge in [0.15, 0.2) is 5.17 Å². The molecule has 1 aliphatic heterocycles. The van der Waals surface area contributed by atoms with Crippen molar-refractivity contribution in [1.82, 2.24) is 5.32 Å². The molecule has 0 aromatic heterocycles. The van der Waals surface area contributed by atoms with E-state index in [1.54, 1.807) is 11.8 Å². The highest BCUT2D eigenvalue weighted by Gasteiger charge is 2.15. The fraction of sp³-hybridized carbons (Fsp3) is 0.800. The van der Waals surface area contributed by atoms with Crippen molar-refractivity contribution < 1.29 is 9.53 Å². The summed E-state index contributed by atoms with van der Waals surface area (Å²) in [5.41, 5.74) is 0. The lowest BCUT2D eigenvalue weighted by Gasteiger charge is -2.24. The minimum Gasteiger partial charge on any atom is -0.469 e. The van der Waals surface area contributed by atoms with Crippen LogP contribution in [-0.4, -0.2) is 36.6 Å². The van der Waals surface area contributed by atoms with Crippen LogP contribution in [0.4, 0.5) is 0 Å². The molecular formula is C10H18N2O2S. The molecule has 5 heteroatoms. The van der Waals surface area contributed by atoms with Crippen LogP contribution in [0.3, 0.4) is 0 Å². The van der Waals surface area contributed by atoms with E-state index < -0.39 is 0 Å². The van der Waals surface area contributed by atoms with E-state index in [9.17, 15) is 4.79 Å². The lowest BCUT2D eigenvalue weighted by atomic mass is 10.2. The van der Waals surface area contributed by atoms with Gasteiger partial charge in [-0.25, -0.2) is 0 Å². The summed E-state index contributed by atoms with van der Waals surface area (Å²) >= 11 is 1.73. The second-order valence-electron chi connectivity index (χ2n) is 3.40. The Bertz CT molecular complexity index is 244. The molecule has 0 saturated carbocycles. The molecule has 1 heterocycles. The third-order valence-electron chi connectivity index (χ3n) is 2.32. The Morgan fingerprint density at radius 1 is 1.73 bits per heavy atom. The molecule has 0 aromatic rings. The molecule has 1 unspecified atom stereocenters. The van der Waals surface area contributed by atoms with Gasteiger partial charge in [-0.3, -0.25) is 9.79 Å². The van der Waals surface area contributed by atoms with Crippen molar-refractivity contribution in [3.05, 3.63) is 0 Å². The molecule has 1 rings (SSSR count). The highest BCUT2D eigenvalue weighted by Crippen LogP contribution is 2.15. The van der Waals surface area contributed by atoms with Gasteiger partial charge in [-0.15, -0.1) is 0 Å². The molecule has 1 N–H and O–H groups in total. The molecule has 0 aromatic carbocycles. The zero-order valence-electron chi connectivity index (χ0n) is 9.28. The predicted molar refractivity (Wildman–Crippen MR) is 63.2 cm³/mol. The fourth-order valence-corrected chi connectivity index (χ4v) is 2.36. The largest absolute Gasteiger partial charge is 0.469 e. The van der Waals surface area contributed by atoms with Crippen molar-refractivity contribution in [3.63, 3.8) is 0 Å². The van der Waals surface area contributed by atoms with Gasteiger partial charge >= 0.3 is 5.97 Å². The summed E-state index contributed by atoms with van der Waals surface area (Å²) < 4.78 is 4.55. The van der Waals surface area contributed by atoms with E-state index in [1.165, 1.54) is 13.5 Å². The zero-order chi connectivity index (χ0) is 11.1. The van der Waals surface area contributed by atoms with Gasteiger partial charge in [-0.2, -0.15) is 0 Å². The van der Waals surface area contributed by atoms with Crippen molar-refractivity contribution in [2.45, 2.75) is 32.2 Å². The number of hydrogen-bond acceptors (Lipinski definition) is 4. The number of carbonyl (C=O) groups is 1. The topological polar surface area (TPSA) is 50.7 Å². The van der Waals surface area contributed by atoms with Gasteiger partial charge < -0.3 is 10.1 Å². The van der Waals surface area contributed by atoms with Gasteiger partial charge in [0, 0.05) is 11.8 Å². The number of rotatable bonds is 4. The number of thioether (sulfide) groups is 1. The van der Waals surface area contributed by atoms with Gasteiger partial charge in [0.1, 0.15) is 0 Å². The van der Waals surface area contributed by atoms with Crippen LogP contribution in [0, 0.1) is 0 Å². The minimum absolute atomic E-state index is 0.202. The predicted octanol–water partition coefficient (Wildman–Crippen LogP) is 1.41. The van der Waals surface area contributed by atoms with E-state index in [-0.39, 0.29) is 5.97 Å². The van der Waals surface area contributed by atoms with Crippen molar-refractivity contribution in [2.75, 3.05) is 19.4 Å². The normalized spacial score (nSPS) is 23.6. The number of carbonyl (C=O) groups excluding carboxylic acids is 1.